The average molecular weight is 711 g/mol. The second kappa shape index (κ2) is 13.0. The summed E-state index contributed by atoms with van der Waals surface area (Å²) < 4.78 is 76.0. The lowest BCUT2D eigenvalue weighted by molar-refractivity contribution is -0.136. The molecule has 1 atom stereocenters. The first-order valence-electron chi connectivity index (χ1n) is 16.0. The van der Waals surface area contributed by atoms with E-state index >= 15 is 13.2 Å². The maximum atomic E-state index is 16.0. The van der Waals surface area contributed by atoms with Crippen LogP contribution in [-0.2, 0) is 39.9 Å². The van der Waals surface area contributed by atoms with Crippen molar-refractivity contribution in [3.05, 3.63) is 94.7 Å². The van der Waals surface area contributed by atoms with Crippen molar-refractivity contribution in [2.75, 3.05) is 11.5 Å². The molecule has 5 aromatic rings. The lowest BCUT2D eigenvalue weighted by Crippen LogP contribution is -2.29. The molecule has 0 fully saturated rings. The molecule has 4 bridgehead atoms. The van der Waals surface area contributed by atoms with Crippen LogP contribution >= 0.6 is 11.8 Å². The van der Waals surface area contributed by atoms with Gasteiger partial charge in [0.2, 0.25) is 0 Å². The predicted octanol–water partition coefficient (Wildman–Crippen LogP) is 7.63. The number of aliphatic carboxylic acids is 1. The molecule has 3 heterocycles. The quantitative estimate of drug-likeness (QED) is 0.198. The van der Waals surface area contributed by atoms with Crippen molar-refractivity contribution in [3.63, 3.8) is 0 Å². The standard InChI is InChI=1S/C36H37F3N4O4S2/c1-35(2)14-8-15-36(3,22-9-6-5-7-10-22)34-41-33(43(4)42-34)25-18-23(11-12-26(25)37)48-32-24(13-16-49(46,47)20-35)28-21(17-27(44)45)19-40-31(28)29(38)30(32)39/h5-7,9-12,18-19,40H,8,13-17,20H2,1-4H3,(H,44,45)/t36-/m1/s1. The molecule has 3 aromatic carbocycles. The number of H-pyrrole nitrogens is 1. The van der Waals surface area contributed by atoms with E-state index in [9.17, 15) is 18.3 Å². The van der Waals surface area contributed by atoms with Crippen LogP contribution in [0, 0.1) is 22.9 Å². The number of carboxylic acid groups (broad SMARTS) is 1. The summed E-state index contributed by atoms with van der Waals surface area (Å²) in [6, 6.07) is 13.9. The van der Waals surface area contributed by atoms with E-state index in [1.54, 1.807) is 7.05 Å². The largest absolute Gasteiger partial charge is 0.481 e. The van der Waals surface area contributed by atoms with Crippen LogP contribution in [0.5, 0.6) is 0 Å². The Labute approximate surface area is 287 Å². The molecule has 1 aliphatic rings. The summed E-state index contributed by atoms with van der Waals surface area (Å²) >= 11 is 0.818. The van der Waals surface area contributed by atoms with E-state index in [0.717, 1.165) is 17.3 Å². The zero-order valence-electron chi connectivity index (χ0n) is 27.6. The van der Waals surface area contributed by atoms with Gasteiger partial charge in [-0.15, -0.1) is 0 Å². The van der Waals surface area contributed by atoms with Crippen molar-refractivity contribution in [1.29, 1.82) is 0 Å². The molecule has 0 radical (unpaired) electrons. The smallest absolute Gasteiger partial charge is 0.307 e. The summed E-state index contributed by atoms with van der Waals surface area (Å²) in [5, 5.41) is 14.4. The van der Waals surface area contributed by atoms with Crippen LogP contribution in [-0.4, -0.2) is 50.7 Å². The molecule has 0 saturated heterocycles. The third-order valence-corrected chi connectivity index (χ3v) is 12.5. The third-order valence-electron chi connectivity index (χ3n) is 9.36. The number of hydrogen-bond acceptors (Lipinski definition) is 6. The van der Waals surface area contributed by atoms with Crippen molar-refractivity contribution in [3.8, 4) is 11.4 Å². The highest BCUT2D eigenvalue weighted by Crippen LogP contribution is 2.43. The maximum Gasteiger partial charge on any atom is 0.307 e. The van der Waals surface area contributed by atoms with Crippen molar-refractivity contribution in [2.45, 2.75) is 68.1 Å². The Morgan fingerprint density at radius 3 is 2.51 bits per heavy atom. The Bertz CT molecular complexity index is 2180. The fourth-order valence-corrected chi connectivity index (χ4v) is 9.95. The molecule has 1 aliphatic heterocycles. The Morgan fingerprint density at radius 1 is 1.06 bits per heavy atom. The number of benzene rings is 3. The Hall–Kier alpha value is -4.10. The number of halogens is 3. The average Bonchev–Trinajstić information content (AvgIpc) is 3.63. The minimum Gasteiger partial charge on any atom is -0.481 e. The van der Waals surface area contributed by atoms with Crippen LogP contribution in [0.2, 0.25) is 0 Å². The Kier molecular flexibility index (Phi) is 9.20. The van der Waals surface area contributed by atoms with E-state index in [1.165, 1.54) is 29.1 Å². The van der Waals surface area contributed by atoms with Gasteiger partial charge in [0.15, 0.2) is 33.1 Å². The van der Waals surface area contributed by atoms with E-state index in [4.69, 9.17) is 10.1 Å². The number of nitrogens with one attached hydrogen (secondary N) is 1. The lowest BCUT2D eigenvalue weighted by Gasteiger charge is -2.30. The van der Waals surface area contributed by atoms with Gasteiger partial charge in [-0.3, -0.25) is 4.79 Å². The molecule has 0 spiro atoms. The molecule has 13 heteroatoms. The summed E-state index contributed by atoms with van der Waals surface area (Å²) in [4.78, 5) is 19.4. The lowest BCUT2D eigenvalue weighted by atomic mass is 9.75. The van der Waals surface area contributed by atoms with E-state index in [1.807, 2.05) is 51.1 Å². The van der Waals surface area contributed by atoms with Crippen LogP contribution in [0.3, 0.4) is 0 Å². The van der Waals surface area contributed by atoms with Crippen molar-refractivity contribution >= 4 is 38.5 Å². The topological polar surface area (TPSA) is 118 Å². The number of aryl methyl sites for hydroxylation is 2. The fraction of sp³-hybridized carbons (Fsp3) is 0.361. The van der Waals surface area contributed by atoms with Gasteiger partial charge in [0.05, 0.1) is 39.3 Å². The molecule has 0 saturated carbocycles. The Balaban J connectivity index is 1.57. The number of fused-ring (bicyclic) bond motifs is 8. The molecular formula is C36H37F3N4O4S2. The number of aromatic amines is 1. The second-order valence-corrected chi connectivity index (χ2v) is 17.0. The summed E-state index contributed by atoms with van der Waals surface area (Å²) in [5.41, 5.74) is -0.117. The molecule has 2 N–H and O–H groups in total. The van der Waals surface area contributed by atoms with Crippen molar-refractivity contribution < 1.29 is 31.5 Å². The van der Waals surface area contributed by atoms with Gasteiger partial charge in [-0.1, -0.05) is 62.4 Å². The van der Waals surface area contributed by atoms with Gasteiger partial charge in [-0.2, -0.15) is 5.10 Å². The van der Waals surface area contributed by atoms with Crippen LogP contribution in [0.1, 0.15) is 62.5 Å². The number of hydrogen-bond donors (Lipinski definition) is 2. The van der Waals surface area contributed by atoms with E-state index in [0.29, 0.717) is 30.0 Å². The van der Waals surface area contributed by atoms with Gasteiger partial charge in [0.1, 0.15) is 5.82 Å². The van der Waals surface area contributed by atoms with Crippen LogP contribution in [0.25, 0.3) is 22.3 Å². The fourth-order valence-electron chi connectivity index (χ4n) is 6.90. The molecule has 0 amide bonds. The van der Waals surface area contributed by atoms with Crippen LogP contribution in [0.4, 0.5) is 13.2 Å². The molecule has 258 valence electrons. The molecular weight excluding hydrogens is 674 g/mol. The third kappa shape index (κ3) is 6.87. The normalized spacial score (nSPS) is 19.6. The van der Waals surface area contributed by atoms with E-state index in [-0.39, 0.29) is 56.2 Å². The van der Waals surface area contributed by atoms with Crippen molar-refractivity contribution in [2.24, 2.45) is 12.5 Å². The van der Waals surface area contributed by atoms with Gasteiger partial charge in [-0.05, 0) is 66.5 Å². The van der Waals surface area contributed by atoms with E-state index < -0.39 is 50.5 Å². The summed E-state index contributed by atoms with van der Waals surface area (Å²) in [5.74, 6) is -3.99. The summed E-state index contributed by atoms with van der Waals surface area (Å²) in [6.45, 7) is 5.81. The summed E-state index contributed by atoms with van der Waals surface area (Å²) in [7, 11) is -2.06. The molecule has 2 aromatic heterocycles. The van der Waals surface area contributed by atoms with Gasteiger partial charge < -0.3 is 10.1 Å². The number of sulfone groups is 1. The van der Waals surface area contributed by atoms with Gasteiger partial charge in [-0.25, -0.2) is 31.3 Å². The van der Waals surface area contributed by atoms with Gasteiger partial charge >= 0.3 is 5.97 Å². The number of nitrogens with zero attached hydrogens (tertiary/aromatic N) is 3. The molecule has 8 nitrogen and oxygen atoms in total. The van der Waals surface area contributed by atoms with Gasteiger partial charge in [0.25, 0.3) is 0 Å². The predicted molar refractivity (Wildman–Crippen MR) is 183 cm³/mol. The summed E-state index contributed by atoms with van der Waals surface area (Å²) in [6.07, 6.45) is 2.42. The van der Waals surface area contributed by atoms with Crippen molar-refractivity contribution in [1.82, 2.24) is 19.7 Å². The number of rotatable bonds is 3. The molecule has 6 rings (SSSR count). The monoisotopic (exact) mass is 710 g/mol. The van der Waals surface area contributed by atoms with E-state index in [2.05, 4.69) is 4.98 Å². The number of aromatic nitrogens is 4. The zero-order valence-corrected chi connectivity index (χ0v) is 29.2. The molecule has 0 unspecified atom stereocenters. The first-order chi connectivity index (χ1) is 23.1. The highest BCUT2D eigenvalue weighted by Gasteiger charge is 2.36. The molecule has 49 heavy (non-hydrogen) atoms. The Morgan fingerprint density at radius 2 is 1.80 bits per heavy atom. The second-order valence-electron chi connectivity index (χ2n) is 13.8. The number of carboxylic acids is 1. The highest BCUT2D eigenvalue weighted by molar-refractivity contribution is 7.99. The minimum absolute atomic E-state index is 0.100. The SMILES string of the molecule is Cn1nc2nc1-c1cc(ccc1F)Sc1c(F)c(F)c3[nH]cc(CC(=O)O)c3c1CCS(=O)(=O)CC(C)(C)CCC[C@]2(C)c1ccccc1. The van der Waals surface area contributed by atoms with Gasteiger partial charge in [0, 0.05) is 23.5 Å². The first-order valence-corrected chi connectivity index (χ1v) is 18.6. The zero-order chi connectivity index (χ0) is 35.3. The highest BCUT2D eigenvalue weighted by atomic mass is 32.2. The minimum atomic E-state index is -3.73. The van der Waals surface area contributed by atoms with Crippen LogP contribution in [0.15, 0.2) is 64.5 Å². The van der Waals surface area contributed by atoms with Crippen LogP contribution < -0.4 is 0 Å². The molecule has 0 aliphatic carbocycles. The first kappa shape index (κ1) is 34.8. The number of carbonyl (C=O) groups is 1. The maximum absolute atomic E-state index is 16.0.